The number of anilines is 12. The summed E-state index contributed by atoms with van der Waals surface area (Å²) in [6, 6.07) is 61.3. The van der Waals surface area contributed by atoms with Gasteiger partial charge in [-0.3, -0.25) is 0 Å². The summed E-state index contributed by atoms with van der Waals surface area (Å²) in [5.41, 5.74) is 17.1. The lowest BCUT2D eigenvalue weighted by Gasteiger charge is -2.13. The fourth-order valence-electron chi connectivity index (χ4n) is 11.7. The van der Waals surface area contributed by atoms with E-state index in [-0.39, 0.29) is 28.8 Å². The van der Waals surface area contributed by atoms with Gasteiger partial charge >= 0.3 is 6.18 Å². The number of nitrogens with one attached hydrogen (secondary N) is 12. The molecule has 0 aliphatic rings. The summed E-state index contributed by atoms with van der Waals surface area (Å²) in [6.45, 7) is 12.3. The Morgan fingerprint density at radius 1 is 0.210 bits per heavy atom. The molecule has 12 aromatic carbocycles. The van der Waals surface area contributed by atoms with Crippen LogP contribution in [-0.4, -0.2) is 177 Å². The number of alkyl halides is 3. The van der Waals surface area contributed by atoms with E-state index in [1.807, 2.05) is 198 Å². The highest BCUT2D eigenvalue weighted by Crippen LogP contribution is 2.39. The fraction of sp³-hybridized carbons (Fsp3) is 0.308. The Morgan fingerprint density at radius 3 is 0.971 bits per heavy atom. The van der Waals surface area contributed by atoms with Gasteiger partial charge in [0.05, 0.1) is 135 Å². The summed E-state index contributed by atoms with van der Waals surface area (Å²) in [6.07, 6.45) is -4.37. The molecule has 756 valence electrons. The van der Waals surface area contributed by atoms with Crippen LogP contribution in [0.3, 0.4) is 0 Å². The Hall–Kier alpha value is -13.6. The average molecular weight is 2000 g/mol. The Bertz CT molecular complexity index is 5010. The van der Waals surface area contributed by atoms with E-state index in [2.05, 4.69) is 96.7 Å². The first-order valence-electron chi connectivity index (χ1n) is 42.6. The molecule has 0 heterocycles. The van der Waals surface area contributed by atoms with Gasteiger partial charge in [0.15, 0.2) is 17.3 Å². The van der Waals surface area contributed by atoms with Crippen molar-refractivity contribution in [2.75, 3.05) is 241 Å². The topological polar surface area (TPSA) is 264 Å². The lowest BCUT2D eigenvalue weighted by Crippen LogP contribution is -2.09. The van der Waals surface area contributed by atoms with Crippen LogP contribution < -0.4 is 125 Å². The molecule has 0 aliphatic heterocycles. The van der Waals surface area contributed by atoms with Gasteiger partial charge in [0.25, 0.3) is 0 Å². The highest BCUT2D eigenvalue weighted by atomic mass is 35.5. The molecule has 0 aromatic heterocycles. The van der Waals surface area contributed by atoms with Crippen LogP contribution in [0.2, 0.25) is 20.1 Å². The first-order valence-corrected chi connectivity index (χ1v) is 44.1. The van der Waals surface area contributed by atoms with Crippen LogP contribution in [0.25, 0.3) is 0 Å². The fourth-order valence-corrected chi connectivity index (χ4v) is 12.9. The first-order chi connectivity index (χ1) is 65.9. The van der Waals surface area contributed by atoms with E-state index in [1.165, 1.54) is 82.0 Å². The molecule has 0 unspecified atom stereocenters. The zero-order valence-corrected chi connectivity index (χ0v) is 87.9. The number of methoxy groups -OCH3 is 13. The summed E-state index contributed by atoms with van der Waals surface area (Å²) in [5, 5.41) is 37.7. The normalized spacial score (nSPS) is 9.59. The van der Waals surface area contributed by atoms with Gasteiger partial charge in [0.1, 0.15) is 69.1 Å². The van der Waals surface area contributed by atoms with Crippen molar-refractivity contribution in [2.45, 2.75) is 47.7 Å². The highest BCUT2D eigenvalue weighted by molar-refractivity contribution is 6.37. The second-order valence-corrected chi connectivity index (χ2v) is 29.8. The quantitative estimate of drug-likeness (QED) is 0.0237. The van der Waals surface area contributed by atoms with E-state index in [1.54, 1.807) is 128 Å². The molecule has 34 heteroatoms. The summed E-state index contributed by atoms with van der Waals surface area (Å²) in [4.78, 5) is 0. The molecule has 0 aliphatic carbocycles. The van der Waals surface area contributed by atoms with E-state index in [9.17, 15) is 22.0 Å². The first kappa shape index (κ1) is 122. The predicted octanol–water partition coefficient (Wildman–Crippen LogP) is 26.6. The van der Waals surface area contributed by atoms with Crippen LogP contribution in [0.1, 0.15) is 38.9 Å². The molecule has 0 amide bonds. The summed E-state index contributed by atoms with van der Waals surface area (Å²) in [7, 11) is 42.4. The van der Waals surface area contributed by atoms with Gasteiger partial charge in [-0.05, 0) is 257 Å². The molecule has 0 spiro atoms. The second kappa shape index (κ2) is 67.6. The summed E-state index contributed by atoms with van der Waals surface area (Å²) in [5.74, 6) is 8.54. The lowest BCUT2D eigenvalue weighted by atomic mass is 10.1. The molecule has 0 bridgehead atoms. The van der Waals surface area contributed by atoms with Gasteiger partial charge in [-0.2, -0.15) is 13.2 Å². The predicted molar refractivity (Wildman–Crippen MR) is 570 cm³/mol. The monoisotopic (exact) mass is 2000 g/mol. The number of benzene rings is 12. The third kappa shape index (κ3) is 42.8. The van der Waals surface area contributed by atoms with Crippen LogP contribution in [0.4, 0.5) is 90.2 Å². The summed E-state index contributed by atoms with van der Waals surface area (Å²) < 4.78 is 128. The molecular weight excluding hydrogens is 1860 g/mol. The van der Waals surface area contributed by atoms with E-state index in [0.29, 0.717) is 43.0 Å². The van der Waals surface area contributed by atoms with E-state index in [0.717, 1.165) is 120 Å². The molecule has 12 N–H and O–H groups in total. The van der Waals surface area contributed by atoms with Crippen molar-refractivity contribution in [3.05, 3.63) is 277 Å². The minimum atomic E-state index is -4.37. The highest BCUT2D eigenvalue weighted by Gasteiger charge is 2.34. The largest absolute Gasteiger partial charge is 0.497 e. The number of aryl methyl sites for hydroxylation is 4. The van der Waals surface area contributed by atoms with Gasteiger partial charge in [-0.15, -0.1) is 0 Å². The molecule has 0 saturated heterocycles. The standard InChI is InChI=1S/2C10H15NO.C9H10F3NO.C9H13NO2.2C9H13NO.C8H9Cl2NO.2C8H10ClNO.2C8H10FNO.C8H11NO/c1-7-6-10(12-4)8(2)5-9(7)11-3;1-7-8(2)10(12-4)6-5-9(7)11-3;1-13-8-4-3-6(14-2)5-7(8)9(10,11)12;1-10-8-5-4-7(11-2)6-9(8)12-3;1-7-6-8(11-3)4-5-9(7)10-2;1-7-6-8(10-2)4-5-9(7)11-3;1-11-5-3-6(9)8(12-2)7(10)4-5;1-10-8-4-3-6(11-2)5-7(8)9;1-10-6-3-4-8(11-2)7(9)5-6;1-10-8-4-3-6(11-2)5-7(8)9;1-10-6-3-4-8(11-2)7(9)5-6;1-9-7-3-5-8(10-2)6-4-7/h2*5-6,11H,1-4H3;3-5,13H,1-2H3;4-6,10H,1-3H3;2*4-6,10H,1-3H3;3-4,11H,1-2H3;4*3-5,10H,1-2H3;3-6,9H,1-2H3. The van der Waals surface area contributed by atoms with Crippen molar-refractivity contribution >= 4 is 115 Å². The third-order valence-electron chi connectivity index (χ3n) is 19.7. The number of halogens is 9. The van der Waals surface area contributed by atoms with Crippen molar-refractivity contribution in [1.29, 1.82) is 0 Å². The van der Waals surface area contributed by atoms with Gasteiger partial charge in [0.2, 0.25) is 0 Å². The van der Waals surface area contributed by atoms with Crippen LogP contribution in [-0.2, 0) is 6.18 Å². The van der Waals surface area contributed by atoms with Crippen molar-refractivity contribution < 1.29 is 83.5 Å². The molecule has 0 fully saturated rings. The third-order valence-corrected chi connectivity index (χ3v) is 20.9. The van der Waals surface area contributed by atoms with E-state index >= 15 is 0 Å². The van der Waals surface area contributed by atoms with Crippen LogP contribution in [0.15, 0.2) is 206 Å². The van der Waals surface area contributed by atoms with E-state index < -0.39 is 11.7 Å². The molecule has 138 heavy (non-hydrogen) atoms. The lowest BCUT2D eigenvalue weighted by molar-refractivity contribution is -0.137. The second-order valence-electron chi connectivity index (χ2n) is 28.1. The smallest absolute Gasteiger partial charge is 0.418 e. The van der Waals surface area contributed by atoms with Gasteiger partial charge in [-0.25, -0.2) is 8.78 Å². The van der Waals surface area contributed by atoms with Crippen LogP contribution in [0, 0.1) is 53.2 Å². The Kier molecular flexibility index (Phi) is 60.0. The molecular formula is C104H139Cl4F5N12O13. The molecule has 0 radical (unpaired) electrons. The number of ether oxygens (including phenoxy) is 13. The Labute approximate surface area is 833 Å². The SMILES string of the molecule is CNc1cc(C)c(OC)cc1C.CNc1cc(Cl)c(OC)c(Cl)c1.CNc1ccc(OC)c(C)c1.CNc1ccc(OC)c(C)c1C.CNc1ccc(OC)c(Cl)c1.CNc1ccc(OC)c(F)c1.CNc1ccc(OC)cc1.CNc1ccc(OC)cc1C.CNc1ccc(OC)cc1C(F)(F)F.CNc1ccc(OC)cc1Cl.CNc1ccc(OC)cc1F.CNc1ccc(OC)cc1OC. The maximum Gasteiger partial charge on any atom is 0.418 e. The van der Waals surface area contributed by atoms with Gasteiger partial charge in [-0.1, -0.05) is 46.4 Å². The average Bonchev–Trinajstić information content (AvgIpc) is 0.824. The zero-order chi connectivity index (χ0) is 104. The maximum atomic E-state index is 12.9. The maximum absolute atomic E-state index is 12.9. The van der Waals surface area contributed by atoms with E-state index in [4.69, 9.17) is 108 Å². The number of rotatable bonds is 25. The minimum Gasteiger partial charge on any atom is -0.497 e. The minimum absolute atomic E-state index is 0.0401. The van der Waals surface area contributed by atoms with Crippen molar-refractivity contribution in [2.24, 2.45) is 0 Å². The molecule has 0 atom stereocenters. The Balaban J connectivity index is 0.000000753. The summed E-state index contributed by atoms with van der Waals surface area (Å²) >= 11 is 23.4. The zero-order valence-electron chi connectivity index (χ0n) is 84.8. The van der Waals surface area contributed by atoms with Crippen molar-refractivity contribution in [1.82, 2.24) is 0 Å². The number of hydrogen-bond donors (Lipinski definition) is 12. The van der Waals surface area contributed by atoms with Crippen molar-refractivity contribution in [3.63, 3.8) is 0 Å². The molecule has 12 aromatic rings. The van der Waals surface area contributed by atoms with Crippen molar-refractivity contribution in [3.8, 4) is 74.7 Å². The van der Waals surface area contributed by atoms with Gasteiger partial charge in [0, 0.05) is 160 Å². The van der Waals surface area contributed by atoms with Gasteiger partial charge < -0.3 is 125 Å². The molecule has 25 nitrogen and oxygen atoms in total. The van der Waals surface area contributed by atoms with Crippen LogP contribution >= 0.6 is 46.4 Å². The van der Waals surface area contributed by atoms with Crippen LogP contribution in [0.5, 0.6) is 74.7 Å². The molecule has 0 saturated carbocycles. The Morgan fingerprint density at radius 2 is 0.565 bits per heavy atom. The molecule has 12 rings (SSSR count). The number of hydrogen-bond acceptors (Lipinski definition) is 25.